The van der Waals surface area contributed by atoms with Crippen LogP contribution >= 0.6 is 0 Å². The average molecular weight is 240 g/mol. The maximum absolute atomic E-state index is 11.7. The van der Waals surface area contributed by atoms with Gasteiger partial charge >= 0.3 is 0 Å². The minimum atomic E-state index is -0.240. The smallest absolute Gasteiger partial charge is 0.248 e. The minimum Gasteiger partial charge on any atom is -0.339 e. The van der Waals surface area contributed by atoms with Crippen molar-refractivity contribution in [3.63, 3.8) is 0 Å². The Morgan fingerprint density at radius 3 is 2.82 bits per heavy atom. The third-order valence-electron chi connectivity index (χ3n) is 3.11. The molecule has 96 valence electrons. The second-order valence-electron chi connectivity index (χ2n) is 5.35. The van der Waals surface area contributed by atoms with E-state index >= 15 is 0 Å². The maximum Gasteiger partial charge on any atom is 0.248 e. The third kappa shape index (κ3) is 3.19. The van der Waals surface area contributed by atoms with Crippen molar-refractivity contribution in [2.24, 2.45) is 11.8 Å². The molecule has 2 fully saturated rings. The van der Waals surface area contributed by atoms with Crippen LogP contribution in [0.15, 0.2) is 0 Å². The van der Waals surface area contributed by atoms with Crippen LogP contribution in [0.25, 0.3) is 0 Å². The SMILES string of the molecule is CC(C)CONC(=O)C1CC(=O)N(C2CC2)C1. The molecule has 1 aliphatic carbocycles. The van der Waals surface area contributed by atoms with Crippen LogP contribution in [0.4, 0.5) is 0 Å². The summed E-state index contributed by atoms with van der Waals surface area (Å²) in [6.45, 7) is 5.08. The zero-order chi connectivity index (χ0) is 12.4. The van der Waals surface area contributed by atoms with Gasteiger partial charge in [0.15, 0.2) is 0 Å². The first kappa shape index (κ1) is 12.4. The molecule has 0 aromatic carbocycles. The standard InChI is InChI=1S/C12H20N2O3/c1-8(2)7-17-13-12(16)9-5-11(15)14(6-9)10-3-4-10/h8-10H,3-7H2,1-2H3,(H,13,16). The van der Waals surface area contributed by atoms with Gasteiger partial charge in [-0.15, -0.1) is 0 Å². The number of nitrogens with one attached hydrogen (secondary N) is 1. The van der Waals surface area contributed by atoms with Gasteiger partial charge in [0.05, 0.1) is 12.5 Å². The highest BCUT2D eigenvalue weighted by molar-refractivity contribution is 5.89. The molecule has 1 aliphatic heterocycles. The molecule has 0 spiro atoms. The molecule has 1 saturated carbocycles. The first-order valence-electron chi connectivity index (χ1n) is 6.29. The van der Waals surface area contributed by atoms with Crippen molar-refractivity contribution >= 4 is 11.8 Å². The van der Waals surface area contributed by atoms with Crippen LogP contribution in [0.5, 0.6) is 0 Å². The zero-order valence-corrected chi connectivity index (χ0v) is 10.4. The fourth-order valence-electron chi connectivity index (χ4n) is 2.01. The van der Waals surface area contributed by atoms with E-state index < -0.39 is 0 Å². The summed E-state index contributed by atoms with van der Waals surface area (Å²) in [5.41, 5.74) is 2.44. The lowest BCUT2D eigenvalue weighted by molar-refractivity contribution is -0.138. The number of nitrogens with zero attached hydrogens (tertiary/aromatic N) is 1. The van der Waals surface area contributed by atoms with Crippen LogP contribution in [0.3, 0.4) is 0 Å². The number of hydrogen-bond donors (Lipinski definition) is 1. The number of likely N-dealkylation sites (tertiary alicyclic amines) is 1. The normalized spacial score (nSPS) is 24.5. The molecular weight excluding hydrogens is 220 g/mol. The second-order valence-corrected chi connectivity index (χ2v) is 5.35. The van der Waals surface area contributed by atoms with E-state index in [-0.39, 0.29) is 17.7 Å². The Morgan fingerprint density at radius 1 is 1.53 bits per heavy atom. The van der Waals surface area contributed by atoms with E-state index in [0.29, 0.717) is 31.5 Å². The Labute approximate surface area is 101 Å². The van der Waals surface area contributed by atoms with E-state index in [9.17, 15) is 9.59 Å². The molecule has 1 N–H and O–H groups in total. The lowest BCUT2D eigenvalue weighted by Crippen LogP contribution is -2.34. The van der Waals surface area contributed by atoms with Crippen LogP contribution in [-0.4, -0.2) is 35.9 Å². The first-order chi connectivity index (χ1) is 8.08. The third-order valence-corrected chi connectivity index (χ3v) is 3.11. The predicted octanol–water partition coefficient (Wildman–Crippen LogP) is 0.701. The summed E-state index contributed by atoms with van der Waals surface area (Å²) in [5, 5.41) is 0. The van der Waals surface area contributed by atoms with Gasteiger partial charge in [0.1, 0.15) is 0 Å². The number of carbonyl (C=O) groups is 2. The van der Waals surface area contributed by atoms with Crippen molar-refractivity contribution < 1.29 is 14.4 Å². The number of amides is 2. The summed E-state index contributed by atoms with van der Waals surface area (Å²) >= 11 is 0. The molecule has 0 bridgehead atoms. The lowest BCUT2D eigenvalue weighted by Gasteiger charge is -2.15. The van der Waals surface area contributed by atoms with Gasteiger partial charge in [0.25, 0.3) is 0 Å². The van der Waals surface area contributed by atoms with Crippen LogP contribution in [0, 0.1) is 11.8 Å². The van der Waals surface area contributed by atoms with Gasteiger partial charge in [-0.2, -0.15) is 0 Å². The zero-order valence-electron chi connectivity index (χ0n) is 10.4. The molecule has 0 aromatic rings. The number of rotatable bonds is 5. The molecular formula is C12H20N2O3. The first-order valence-corrected chi connectivity index (χ1v) is 6.29. The number of carbonyl (C=O) groups excluding carboxylic acids is 2. The Morgan fingerprint density at radius 2 is 2.24 bits per heavy atom. The van der Waals surface area contributed by atoms with Gasteiger partial charge in [-0.3, -0.25) is 14.4 Å². The highest BCUT2D eigenvalue weighted by atomic mass is 16.6. The van der Waals surface area contributed by atoms with Crippen LogP contribution in [0.2, 0.25) is 0 Å². The van der Waals surface area contributed by atoms with Crippen LogP contribution in [0.1, 0.15) is 33.1 Å². The maximum atomic E-state index is 11.7. The summed E-state index contributed by atoms with van der Waals surface area (Å²) in [6, 6.07) is 0.400. The molecule has 1 heterocycles. The van der Waals surface area contributed by atoms with Crippen LogP contribution < -0.4 is 5.48 Å². The number of hydrogen-bond acceptors (Lipinski definition) is 3. The van der Waals surface area contributed by atoms with Gasteiger partial charge in [0.2, 0.25) is 11.8 Å². The second kappa shape index (κ2) is 5.04. The van der Waals surface area contributed by atoms with E-state index in [1.165, 1.54) is 0 Å². The monoisotopic (exact) mass is 240 g/mol. The van der Waals surface area contributed by atoms with Crippen molar-refractivity contribution in [2.45, 2.75) is 39.2 Å². The van der Waals surface area contributed by atoms with Gasteiger partial charge in [-0.1, -0.05) is 13.8 Å². The highest BCUT2D eigenvalue weighted by Gasteiger charge is 2.41. The Kier molecular flexibility index (Phi) is 3.66. The largest absolute Gasteiger partial charge is 0.339 e. The molecule has 0 radical (unpaired) electrons. The molecule has 0 aromatic heterocycles. The number of hydroxylamine groups is 1. The molecule has 1 saturated heterocycles. The summed E-state index contributed by atoms with van der Waals surface area (Å²) in [7, 11) is 0. The molecule has 2 aliphatic rings. The van der Waals surface area contributed by atoms with Gasteiger partial charge in [-0.25, -0.2) is 5.48 Å². The van der Waals surface area contributed by atoms with Crippen LogP contribution in [-0.2, 0) is 14.4 Å². The topological polar surface area (TPSA) is 58.6 Å². The van der Waals surface area contributed by atoms with E-state index in [2.05, 4.69) is 5.48 Å². The lowest BCUT2D eigenvalue weighted by atomic mass is 10.1. The molecule has 1 atom stereocenters. The van der Waals surface area contributed by atoms with Gasteiger partial charge < -0.3 is 4.90 Å². The molecule has 2 rings (SSSR count). The van der Waals surface area contributed by atoms with Gasteiger partial charge in [0, 0.05) is 19.0 Å². The summed E-state index contributed by atoms with van der Waals surface area (Å²) in [6.07, 6.45) is 2.50. The Bertz CT molecular complexity index is 313. The fraction of sp³-hybridized carbons (Fsp3) is 0.833. The molecule has 1 unspecified atom stereocenters. The van der Waals surface area contributed by atoms with Crippen molar-refractivity contribution in [1.29, 1.82) is 0 Å². The van der Waals surface area contributed by atoms with Crippen molar-refractivity contribution in [3.8, 4) is 0 Å². The highest BCUT2D eigenvalue weighted by Crippen LogP contribution is 2.32. The summed E-state index contributed by atoms with van der Waals surface area (Å²) in [5.74, 6) is 0.0809. The molecule has 17 heavy (non-hydrogen) atoms. The van der Waals surface area contributed by atoms with Crippen molar-refractivity contribution in [2.75, 3.05) is 13.2 Å². The predicted molar refractivity (Wildman–Crippen MR) is 61.8 cm³/mol. The Hall–Kier alpha value is -1.10. The van der Waals surface area contributed by atoms with Crippen molar-refractivity contribution in [1.82, 2.24) is 10.4 Å². The van der Waals surface area contributed by atoms with Gasteiger partial charge in [-0.05, 0) is 18.8 Å². The van der Waals surface area contributed by atoms with Crippen molar-refractivity contribution in [3.05, 3.63) is 0 Å². The van der Waals surface area contributed by atoms with E-state index in [1.807, 2.05) is 18.7 Å². The summed E-state index contributed by atoms with van der Waals surface area (Å²) in [4.78, 5) is 30.3. The molecule has 2 amide bonds. The fourth-order valence-corrected chi connectivity index (χ4v) is 2.01. The minimum absolute atomic E-state index is 0.108. The Balaban J connectivity index is 1.75. The average Bonchev–Trinajstić information content (AvgIpc) is 3.01. The quantitative estimate of drug-likeness (QED) is 0.720. The summed E-state index contributed by atoms with van der Waals surface area (Å²) < 4.78 is 0. The van der Waals surface area contributed by atoms with E-state index in [1.54, 1.807) is 0 Å². The van der Waals surface area contributed by atoms with E-state index in [0.717, 1.165) is 12.8 Å². The molecule has 5 nitrogen and oxygen atoms in total. The molecule has 5 heteroatoms. The van der Waals surface area contributed by atoms with E-state index in [4.69, 9.17) is 4.84 Å².